The molecule has 1 atom stereocenters. The summed E-state index contributed by atoms with van der Waals surface area (Å²) >= 11 is 0. The van der Waals surface area contributed by atoms with Crippen molar-refractivity contribution in [2.75, 3.05) is 5.73 Å². The number of nitrogens with two attached hydrogens (primary N) is 1. The van der Waals surface area contributed by atoms with E-state index in [0.717, 1.165) is 12.0 Å². The Labute approximate surface area is 95.0 Å². The van der Waals surface area contributed by atoms with E-state index in [1.54, 1.807) is 13.0 Å². The molecule has 4 heteroatoms. The van der Waals surface area contributed by atoms with Crippen LogP contribution in [-0.2, 0) is 11.2 Å². The Kier molecular flexibility index (Phi) is 4.17. The molecule has 0 saturated heterocycles. The van der Waals surface area contributed by atoms with Crippen molar-refractivity contribution < 1.29 is 14.6 Å². The lowest BCUT2D eigenvalue weighted by Gasteiger charge is -2.15. The Morgan fingerprint density at radius 3 is 2.62 bits per heavy atom. The van der Waals surface area contributed by atoms with Crippen LogP contribution >= 0.6 is 0 Å². The fraction of sp³-hybridized carbons (Fsp3) is 0.417. The summed E-state index contributed by atoms with van der Waals surface area (Å²) in [6.07, 6.45) is 0.458. The third-order valence-electron chi connectivity index (χ3n) is 2.40. The van der Waals surface area contributed by atoms with Crippen molar-refractivity contribution in [2.24, 2.45) is 0 Å². The highest BCUT2D eigenvalue weighted by Crippen LogP contribution is 2.24. The summed E-state index contributed by atoms with van der Waals surface area (Å²) in [5.41, 5.74) is 7.37. The molecular weight excluding hydrogens is 206 g/mol. The molecule has 0 amide bonds. The standard InChI is InChI=1S/C12H17NO3/c1-3-8-5-6-11(9(13)7-8)16-10(4-2)12(14)15/h5-7,10H,3-4,13H2,1-2H3,(H,14,15). The van der Waals surface area contributed by atoms with Gasteiger partial charge in [0.1, 0.15) is 5.75 Å². The van der Waals surface area contributed by atoms with E-state index in [2.05, 4.69) is 0 Å². The minimum absolute atomic E-state index is 0.407. The van der Waals surface area contributed by atoms with Crippen LogP contribution in [0, 0.1) is 0 Å². The molecule has 0 spiro atoms. The summed E-state index contributed by atoms with van der Waals surface area (Å²) < 4.78 is 5.33. The van der Waals surface area contributed by atoms with E-state index in [1.165, 1.54) is 0 Å². The molecule has 3 N–H and O–H groups in total. The molecule has 4 nitrogen and oxygen atoms in total. The molecule has 0 saturated carbocycles. The zero-order valence-corrected chi connectivity index (χ0v) is 9.56. The van der Waals surface area contributed by atoms with Crippen molar-refractivity contribution >= 4 is 11.7 Å². The third-order valence-corrected chi connectivity index (χ3v) is 2.40. The molecule has 1 aromatic rings. The van der Waals surface area contributed by atoms with E-state index in [0.29, 0.717) is 17.9 Å². The number of nitrogen functional groups attached to an aromatic ring is 1. The van der Waals surface area contributed by atoms with Gasteiger partial charge in [0, 0.05) is 0 Å². The van der Waals surface area contributed by atoms with Gasteiger partial charge in [-0.3, -0.25) is 0 Å². The Morgan fingerprint density at radius 1 is 1.50 bits per heavy atom. The highest BCUT2D eigenvalue weighted by molar-refractivity contribution is 5.73. The molecule has 1 unspecified atom stereocenters. The first kappa shape index (κ1) is 12.4. The first-order chi connectivity index (χ1) is 7.58. The number of aryl methyl sites for hydroxylation is 1. The molecule has 1 rings (SSSR count). The Morgan fingerprint density at radius 2 is 2.19 bits per heavy atom. The second-order valence-corrected chi connectivity index (χ2v) is 3.58. The Hall–Kier alpha value is -1.71. The van der Waals surface area contributed by atoms with Crippen molar-refractivity contribution in [3.8, 4) is 5.75 Å². The summed E-state index contributed by atoms with van der Waals surface area (Å²) in [5.74, 6) is -0.534. The Balaban J connectivity index is 2.84. The van der Waals surface area contributed by atoms with Gasteiger partial charge in [-0.25, -0.2) is 4.79 Å². The lowest BCUT2D eigenvalue weighted by molar-refractivity contribution is -0.145. The van der Waals surface area contributed by atoms with Gasteiger partial charge in [-0.05, 0) is 30.5 Å². The topological polar surface area (TPSA) is 72.5 Å². The van der Waals surface area contributed by atoms with Crippen LogP contribution in [-0.4, -0.2) is 17.2 Å². The summed E-state index contributed by atoms with van der Waals surface area (Å²) in [7, 11) is 0. The first-order valence-electron chi connectivity index (χ1n) is 5.36. The van der Waals surface area contributed by atoms with Gasteiger partial charge in [0.15, 0.2) is 6.10 Å². The van der Waals surface area contributed by atoms with Crippen molar-refractivity contribution in [3.63, 3.8) is 0 Å². The van der Waals surface area contributed by atoms with E-state index in [1.807, 2.05) is 19.1 Å². The molecule has 16 heavy (non-hydrogen) atoms. The van der Waals surface area contributed by atoms with E-state index in [9.17, 15) is 4.79 Å². The lowest BCUT2D eigenvalue weighted by atomic mass is 10.1. The van der Waals surface area contributed by atoms with E-state index >= 15 is 0 Å². The number of hydrogen-bond donors (Lipinski definition) is 2. The first-order valence-corrected chi connectivity index (χ1v) is 5.36. The van der Waals surface area contributed by atoms with Crippen molar-refractivity contribution in [1.29, 1.82) is 0 Å². The summed E-state index contributed by atoms with van der Waals surface area (Å²) in [5, 5.41) is 8.86. The lowest BCUT2D eigenvalue weighted by Crippen LogP contribution is -2.26. The van der Waals surface area contributed by atoms with Crippen LogP contribution < -0.4 is 10.5 Å². The third kappa shape index (κ3) is 2.89. The van der Waals surface area contributed by atoms with Crippen LogP contribution in [0.2, 0.25) is 0 Å². The van der Waals surface area contributed by atoms with Crippen molar-refractivity contribution in [2.45, 2.75) is 32.8 Å². The van der Waals surface area contributed by atoms with E-state index in [4.69, 9.17) is 15.6 Å². The zero-order valence-electron chi connectivity index (χ0n) is 9.56. The molecule has 88 valence electrons. The number of carbonyl (C=O) groups is 1. The molecule has 0 heterocycles. The molecular formula is C12H17NO3. The van der Waals surface area contributed by atoms with Crippen LogP contribution in [0.1, 0.15) is 25.8 Å². The second kappa shape index (κ2) is 5.39. The number of benzene rings is 1. The van der Waals surface area contributed by atoms with Gasteiger partial charge >= 0.3 is 5.97 Å². The number of aliphatic carboxylic acids is 1. The molecule has 0 radical (unpaired) electrons. The largest absolute Gasteiger partial charge is 0.479 e. The average Bonchev–Trinajstić information content (AvgIpc) is 2.26. The maximum absolute atomic E-state index is 10.8. The quantitative estimate of drug-likeness (QED) is 0.749. The number of hydrogen-bond acceptors (Lipinski definition) is 3. The van der Waals surface area contributed by atoms with Gasteiger partial charge in [0.2, 0.25) is 0 Å². The fourth-order valence-corrected chi connectivity index (χ4v) is 1.39. The predicted molar refractivity (Wildman–Crippen MR) is 62.6 cm³/mol. The van der Waals surface area contributed by atoms with Crippen LogP contribution in [0.25, 0.3) is 0 Å². The average molecular weight is 223 g/mol. The Bertz CT molecular complexity index is 377. The maximum atomic E-state index is 10.8. The molecule has 0 bridgehead atoms. The highest BCUT2D eigenvalue weighted by Gasteiger charge is 2.17. The van der Waals surface area contributed by atoms with Crippen LogP contribution in [0.15, 0.2) is 18.2 Å². The predicted octanol–water partition coefficient (Wildman–Crippen LogP) is 2.07. The second-order valence-electron chi connectivity index (χ2n) is 3.58. The number of carboxylic acid groups (broad SMARTS) is 1. The smallest absolute Gasteiger partial charge is 0.344 e. The van der Waals surface area contributed by atoms with Gasteiger partial charge in [-0.1, -0.05) is 19.9 Å². The van der Waals surface area contributed by atoms with Crippen molar-refractivity contribution in [3.05, 3.63) is 23.8 Å². The number of carboxylic acids is 1. The van der Waals surface area contributed by atoms with Gasteiger partial charge in [-0.2, -0.15) is 0 Å². The van der Waals surface area contributed by atoms with Gasteiger partial charge < -0.3 is 15.6 Å². The maximum Gasteiger partial charge on any atom is 0.344 e. The number of ether oxygens (including phenoxy) is 1. The summed E-state index contributed by atoms with van der Waals surface area (Å²) in [6, 6.07) is 5.42. The normalized spacial score (nSPS) is 12.1. The highest BCUT2D eigenvalue weighted by atomic mass is 16.5. The molecule has 0 aromatic heterocycles. The SMILES string of the molecule is CCc1ccc(OC(CC)C(=O)O)c(N)c1. The van der Waals surface area contributed by atoms with Crippen LogP contribution in [0.4, 0.5) is 5.69 Å². The number of rotatable bonds is 5. The summed E-state index contributed by atoms with van der Waals surface area (Å²) in [4.78, 5) is 10.8. The minimum atomic E-state index is -0.971. The minimum Gasteiger partial charge on any atom is -0.479 e. The van der Waals surface area contributed by atoms with E-state index in [-0.39, 0.29) is 0 Å². The van der Waals surface area contributed by atoms with Gasteiger partial charge in [-0.15, -0.1) is 0 Å². The summed E-state index contributed by atoms with van der Waals surface area (Å²) in [6.45, 7) is 3.79. The van der Waals surface area contributed by atoms with Gasteiger partial charge in [0.25, 0.3) is 0 Å². The van der Waals surface area contributed by atoms with Gasteiger partial charge in [0.05, 0.1) is 5.69 Å². The molecule has 0 aliphatic carbocycles. The van der Waals surface area contributed by atoms with Crippen LogP contribution in [0.5, 0.6) is 5.75 Å². The molecule has 0 fully saturated rings. The van der Waals surface area contributed by atoms with E-state index < -0.39 is 12.1 Å². The van der Waals surface area contributed by atoms with Crippen LogP contribution in [0.3, 0.4) is 0 Å². The molecule has 0 aliphatic heterocycles. The number of anilines is 1. The monoisotopic (exact) mass is 223 g/mol. The van der Waals surface area contributed by atoms with Crippen molar-refractivity contribution in [1.82, 2.24) is 0 Å². The molecule has 0 aliphatic rings. The molecule has 1 aromatic carbocycles. The fourth-order valence-electron chi connectivity index (χ4n) is 1.39. The zero-order chi connectivity index (χ0) is 12.1.